The number of carboxylic acid groups (broad SMARTS) is 1. The molecule has 1 unspecified atom stereocenters. The molecule has 0 spiro atoms. The second-order valence-corrected chi connectivity index (χ2v) is 3.31. The number of carbonyl (C=O) groups excluding carboxylic acids is 1. The molecule has 0 amide bonds. The van der Waals surface area contributed by atoms with Gasteiger partial charge in [0.2, 0.25) is 0 Å². The second kappa shape index (κ2) is 5.02. The van der Waals surface area contributed by atoms with Gasteiger partial charge in [0.25, 0.3) is 0 Å². The topological polar surface area (TPSA) is 52.7 Å². The molecule has 74 valence electrons. The van der Waals surface area contributed by atoms with E-state index in [9.17, 15) is 9.90 Å². The second-order valence-electron chi connectivity index (χ2n) is 3.31. The van der Waals surface area contributed by atoms with E-state index in [1.807, 2.05) is 6.92 Å². The van der Waals surface area contributed by atoms with Crippen molar-refractivity contribution in [1.82, 2.24) is 0 Å². The summed E-state index contributed by atoms with van der Waals surface area (Å²) in [5.74, 6) is -1.03. The van der Waals surface area contributed by atoms with Gasteiger partial charge in [0, 0.05) is 0 Å². The van der Waals surface area contributed by atoms with E-state index in [0.717, 1.165) is 19.4 Å². The third-order valence-corrected chi connectivity index (χ3v) is 2.09. The molecule has 13 heavy (non-hydrogen) atoms. The quantitative estimate of drug-likeness (QED) is 0.448. The van der Waals surface area contributed by atoms with Crippen LogP contribution in [0.3, 0.4) is 0 Å². The first-order valence-electron chi connectivity index (χ1n) is 4.76. The highest BCUT2D eigenvalue weighted by atomic mass is 16.6. The highest BCUT2D eigenvalue weighted by molar-refractivity contribution is 5.84. The summed E-state index contributed by atoms with van der Waals surface area (Å²) in [6.07, 6.45) is 5.24. The maximum Gasteiger partial charge on any atom is 0.0844 e. The molecule has 1 fully saturated rings. The van der Waals surface area contributed by atoms with E-state index in [1.54, 1.807) is 6.08 Å². The van der Waals surface area contributed by atoms with E-state index in [0.29, 0.717) is 18.4 Å². The van der Waals surface area contributed by atoms with Gasteiger partial charge in [-0.1, -0.05) is 19.4 Å². The summed E-state index contributed by atoms with van der Waals surface area (Å²) in [5.41, 5.74) is 0.428. The van der Waals surface area contributed by atoms with E-state index in [4.69, 9.17) is 4.74 Å². The lowest BCUT2D eigenvalue weighted by molar-refractivity contribution is -0.299. The Balaban J connectivity index is 2.34. The number of carbonyl (C=O) groups is 1. The van der Waals surface area contributed by atoms with Gasteiger partial charge in [0.15, 0.2) is 0 Å². The molecular formula is C10H15O3-. The van der Waals surface area contributed by atoms with Crippen LogP contribution in [0.2, 0.25) is 0 Å². The first kappa shape index (κ1) is 10.3. The van der Waals surface area contributed by atoms with Crippen LogP contribution in [0.25, 0.3) is 0 Å². The molecule has 0 bridgehead atoms. The molecule has 0 saturated carbocycles. The van der Waals surface area contributed by atoms with Crippen LogP contribution in [0, 0.1) is 0 Å². The number of hydrogen-bond donors (Lipinski definition) is 0. The predicted molar refractivity (Wildman–Crippen MR) is 47.0 cm³/mol. The largest absolute Gasteiger partial charge is 0.545 e. The summed E-state index contributed by atoms with van der Waals surface area (Å²) < 4.78 is 4.99. The zero-order valence-electron chi connectivity index (χ0n) is 7.91. The Kier molecular flexibility index (Phi) is 3.96. The maximum atomic E-state index is 10.6. The van der Waals surface area contributed by atoms with Crippen molar-refractivity contribution in [3.8, 4) is 0 Å². The molecule has 1 heterocycles. The van der Waals surface area contributed by atoms with Crippen LogP contribution in [0.4, 0.5) is 0 Å². The van der Waals surface area contributed by atoms with E-state index in [1.165, 1.54) is 0 Å². The van der Waals surface area contributed by atoms with Gasteiger partial charge in [-0.05, 0) is 24.8 Å². The number of rotatable bonds is 6. The smallest absolute Gasteiger partial charge is 0.0844 e. The van der Waals surface area contributed by atoms with Gasteiger partial charge in [-0.15, -0.1) is 0 Å². The lowest BCUT2D eigenvalue weighted by Gasteiger charge is -2.06. The number of hydrogen-bond acceptors (Lipinski definition) is 3. The van der Waals surface area contributed by atoms with Crippen LogP contribution in [0.1, 0.15) is 32.6 Å². The molecule has 0 aromatic heterocycles. The number of ether oxygens (including phenoxy) is 1. The van der Waals surface area contributed by atoms with Gasteiger partial charge in [-0.25, -0.2) is 0 Å². The highest BCUT2D eigenvalue weighted by Gasteiger charge is 2.20. The molecule has 0 aromatic carbocycles. The maximum absolute atomic E-state index is 10.6. The van der Waals surface area contributed by atoms with Crippen molar-refractivity contribution in [2.45, 2.75) is 38.7 Å². The molecule has 1 saturated heterocycles. The van der Waals surface area contributed by atoms with Gasteiger partial charge in [0.05, 0.1) is 18.7 Å². The van der Waals surface area contributed by atoms with Gasteiger partial charge in [0.1, 0.15) is 0 Å². The summed E-state index contributed by atoms with van der Waals surface area (Å²) in [4.78, 5) is 10.6. The van der Waals surface area contributed by atoms with Gasteiger partial charge < -0.3 is 14.6 Å². The number of unbranched alkanes of at least 4 members (excludes halogenated alkanes) is 1. The molecule has 0 N–H and O–H groups in total. The van der Waals surface area contributed by atoms with Crippen LogP contribution in [-0.2, 0) is 9.53 Å². The zero-order chi connectivity index (χ0) is 9.68. The fourth-order valence-corrected chi connectivity index (χ4v) is 1.13. The minimum absolute atomic E-state index is 0.260. The lowest BCUT2D eigenvalue weighted by Crippen LogP contribution is -2.24. The summed E-state index contributed by atoms with van der Waals surface area (Å²) in [5, 5.41) is 10.6. The summed E-state index contributed by atoms with van der Waals surface area (Å²) in [7, 11) is 0. The minimum atomic E-state index is -1.03. The van der Waals surface area contributed by atoms with Crippen molar-refractivity contribution in [3.05, 3.63) is 11.6 Å². The summed E-state index contributed by atoms with van der Waals surface area (Å²) in [6.45, 7) is 2.81. The zero-order valence-corrected chi connectivity index (χ0v) is 7.91. The summed E-state index contributed by atoms with van der Waals surface area (Å²) >= 11 is 0. The van der Waals surface area contributed by atoms with Crippen LogP contribution >= 0.6 is 0 Å². The van der Waals surface area contributed by atoms with Crippen molar-refractivity contribution in [2.24, 2.45) is 0 Å². The van der Waals surface area contributed by atoms with Crippen molar-refractivity contribution in [3.63, 3.8) is 0 Å². The molecule has 1 atom stereocenters. The minimum Gasteiger partial charge on any atom is -0.545 e. The van der Waals surface area contributed by atoms with Gasteiger partial charge in [-0.3, -0.25) is 0 Å². The Hall–Kier alpha value is -0.830. The molecule has 1 rings (SSSR count). The molecule has 1 aliphatic heterocycles. The third kappa shape index (κ3) is 4.08. The van der Waals surface area contributed by atoms with E-state index in [2.05, 4.69) is 0 Å². The fourth-order valence-electron chi connectivity index (χ4n) is 1.13. The van der Waals surface area contributed by atoms with Crippen molar-refractivity contribution in [1.29, 1.82) is 0 Å². The Morgan fingerprint density at radius 1 is 1.69 bits per heavy atom. The standard InChI is InChI=1S/C10H16O3/c1-2-3-4-8(10(11)12)5-6-9-7-13-9/h5,9H,2-4,6-7H2,1H3,(H,11,12)/p-1/b8-5-. The Bertz CT molecular complexity index is 204. The van der Waals surface area contributed by atoms with Crippen LogP contribution in [0.15, 0.2) is 11.6 Å². The molecule has 0 aromatic rings. The average molecular weight is 183 g/mol. The number of aliphatic carboxylic acids is 1. The Labute approximate surface area is 78.4 Å². The predicted octanol–water partition coefficient (Wildman–Crippen LogP) is 0.642. The molecular weight excluding hydrogens is 168 g/mol. The molecule has 0 radical (unpaired) electrons. The first-order chi connectivity index (χ1) is 6.24. The molecule has 0 aliphatic carbocycles. The van der Waals surface area contributed by atoms with Crippen molar-refractivity contribution < 1.29 is 14.6 Å². The number of epoxide rings is 1. The average Bonchev–Trinajstić information content (AvgIpc) is 2.87. The van der Waals surface area contributed by atoms with E-state index < -0.39 is 5.97 Å². The van der Waals surface area contributed by atoms with Crippen molar-refractivity contribution >= 4 is 5.97 Å². The SMILES string of the molecule is CCCC/C(=C/CC1CO1)C(=O)[O-]. The van der Waals surface area contributed by atoms with Crippen LogP contribution < -0.4 is 5.11 Å². The normalized spacial score (nSPS) is 21.6. The van der Waals surface area contributed by atoms with E-state index in [-0.39, 0.29) is 6.10 Å². The van der Waals surface area contributed by atoms with Crippen LogP contribution in [-0.4, -0.2) is 18.7 Å². The first-order valence-corrected chi connectivity index (χ1v) is 4.76. The van der Waals surface area contributed by atoms with Gasteiger partial charge >= 0.3 is 0 Å². The Morgan fingerprint density at radius 3 is 2.85 bits per heavy atom. The van der Waals surface area contributed by atoms with Crippen molar-refractivity contribution in [2.75, 3.05) is 6.61 Å². The summed E-state index contributed by atoms with van der Waals surface area (Å²) in [6, 6.07) is 0. The fraction of sp³-hybridized carbons (Fsp3) is 0.700. The van der Waals surface area contributed by atoms with Gasteiger partial charge in [-0.2, -0.15) is 0 Å². The Morgan fingerprint density at radius 2 is 2.38 bits per heavy atom. The van der Waals surface area contributed by atoms with Crippen LogP contribution in [0.5, 0.6) is 0 Å². The highest BCUT2D eigenvalue weighted by Crippen LogP contribution is 2.16. The monoisotopic (exact) mass is 183 g/mol. The third-order valence-electron chi connectivity index (χ3n) is 2.09. The van der Waals surface area contributed by atoms with E-state index >= 15 is 0 Å². The molecule has 3 heteroatoms. The molecule has 1 aliphatic rings. The molecule has 3 nitrogen and oxygen atoms in total. The lowest BCUT2D eigenvalue weighted by atomic mass is 10.1. The number of carboxylic acids is 1.